The highest BCUT2D eigenvalue weighted by Crippen LogP contribution is 2.28. The number of fused-ring (bicyclic) bond motifs is 3. The molecule has 0 atom stereocenters. The molecule has 0 spiro atoms. The fourth-order valence-electron chi connectivity index (χ4n) is 2.89. The van der Waals surface area contributed by atoms with Gasteiger partial charge < -0.3 is 9.72 Å². The molecule has 0 radical (unpaired) electrons. The molecule has 0 bridgehead atoms. The van der Waals surface area contributed by atoms with Crippen LogP contribution in [0.1, 0.15) is 39.6 Å². The van der Waals surface area contributed by atoms with E-state index in [1.165, 1.54) is 10.9 Å². The molecule has 0 amide bonds. The van der Waals surface area contributed by atoms with E-state index in [4.69, 9.17) is 4.74 Å². The van der Waals surface area contributed by atoms with Gasteiger partial charge in [0.1, 0.15) is 12.3 Å². The lowest BCUT2D eigenvalue weighted by Gasteiger charge is -2.10. The quantitative estimate of drug-likeness (QED) is 0.748. The van der Waals surface area contributed by atoms with Crippen LogP contribution in [0.4, 0.5) is 0 Å². The standard InChI is InChI=1S/C16H15N3O3S/c20-14-8-10(9-22-15(21)11-4-3-7-17-11)18-16-19(14)12-5-1-2-6-13(12)23-16/h3-4,7-8,17H,1-2,5-6,9H2. The van der Waals surface area contributed by atoms with Crippen LogP contribution in [-0.4, -0.2) is 20.3 Å². The molecule has 7 heteroatoms. The Morgan fingerprint density at radius 2 is 2.26 bits per heavy atom. The summed E-state index contributed by atoms with van der Waals surface area (Å²) in [4.78, 5) is 33.4. The van der Waals surface area contributed by atoms with Crippen LogP contribution in [0.15, 0.2) is 29.2 Å². The van der Waals surface area contributed by atoms with Crippen LogP contribution in [0, 0.1) is 0 Å². The molecule has 4 rings (SSSR count). The molecule has 6 nitrogen and oxygen atoms in total. The van der Waals surface area contributed by atoms with E-state index in [0.29, 0.717) is 16.3 Å². The second-order valence-corrected chi connectivity index (χ2v) is 6.60. The Balaban J connectivity index is 1.61. The molecule has 1 aliphatic rings. The molecular formula is C16H15N3O3S. The van der Waals surface area contributed by atoms with Gasteiger partial charge in [-0.05, 0) is 37.8 Å². The molecule has 0 saturated heterocycles. The average molecular weight is 329 g/mol. The number of nitrogens with zero attached hydrogens (tertiary/aromatic N) is 2. The third-order valence-corrected chi connectivity index (χ3v) is 5.13. The number of nitrogens with one attached hydrogen (secondary N) is 1. The highest BCUT2D eigenvalue weighted by Gasteiger charge is 2.18. The number of hydrogen-bond acceptors (Lipinski definition) is 5. The molecule has 0 aromatic carbocycles. The van der Waals surface area contributed by atoms with Crippen molar-refractivity contribution < 1.29 is 9.53 Å². The third-order valence-electron chi connectivity index (χ3n) is 3.98. The molecule has 1 N–H and O–H groups in total. The molecule has 0 fully saturated rings. The minimum absolute atomic E-state index is 0.00778. The van der Waals surface area contributed by atoms with Gasteiger partial charge in [0.2, 0.25) is 0 Å². The molecule has 23 heavy (non-hydrogen) atoms. The summed E-state index contributed by atoms with van der Waals surface area (Å²) in [5.41, 5.74) is 1.87. The zero-order valence-corrected chi connectivity index (χ0v) is 13.2. The van der Waals surface area contributed by atoms with Gasteiger partial charge in [-0.3, -0.25) is 9.20 Å². The number of aryl methyl sites for hydroxylation is 2. The van der Waals surface area contributed by atoms with Crippen LogP contribution in [0.3, 0.4) is 0 Å². The maximum atomic E-state index is 12.4. The first-order valence-corrected chi connectivity index (χ1v) is 8.38. The molecule has 3 aromatic rings. The summed E-state index contributed by atoms with van der Waals surface area (Å²) in [6, 6.07) is 4.82. The first kappa shape index (κ1) is 14.2. The summed E-state index contributed by atoms with van der Waals surface area (Å²) < 4.78 is 6.91. The zero-order valence-electron chi connectivity index (χ0n) is 12.4. The number of carbonyl (C=O) groups is 1. The van der Waals surface area contributed by atoms with Crippen molar-refractivity contribution in [2.75, 3.05) is 0 Å². The Morgan fingerprint density at radius 1 is 1.39 bits per heavy atom. The molecule has 0 aliphatic heterocycles. The molecule has 118 valence electrons. The monoisotopic (exact) mass is 329 g/mol. The van der Waals surface area contributed by atoms with Gasteiger partial charge >= 0.3 is 5.97 Å². The van der Waals surface area contributed by atoms with Crippen molar-refractivity contribution in [1.82, 2.24) is 14.4 Å². The zero-order chi connectivity index (χ0) is 15.8. The summed E-state index contributed by atoms with van der Waals surface area (Å²) in [6.07, 6.45) is 5.87. The van der Waals surface area contributed by atoms with Crippen LogP contribution >= 0.6 is 11.3 Å². The highest BCUT2D eigenvalue weighted by atomic mass is 32.1. The second kappa shape index (κ2) is 5.66. The Labute approximate surface area is 135 Å². The van der Waals surface area contributed by atoms with Crippen LogP contribution in [0.5, 0.6) is 0 Å². The van der Waals surface area contributed by atoms with Gasteiger partial charge in [-0.2, -0.15) is 0 Å². The lowest BCUT2D eigenvalue weighted by molar-refractivity contribution is 0.0461. The lowest BCUT2D eigenvalue weighted by Crippen LogP contribution is -2.18. The Bertz CT molecular complexity index is 924. The maximum Gasteiger partial charge on any atom is 0.355 e. The van der Waals surface area contributed by atoms with E-state index in [1.54, 1.807) is 34.1 Å². The third kappa shape index (κ3) is 2.57. The predicted octanol–water partition coefficient (Wildman–Crippen LogP) is 2.32. The Hall–Kier alpha value is -2.41. The SMILES string of the molecule is O=C(OCc1cc(=O)n2c3c(sc2n1)CCCC3)c1ccc[nH]1. The number of esters is 1. The van der Waals surface area contributed by atoms with Crippen molar-refractivity contribution in [3.8, 4) is 0 Å². The molecule has 0 saturated carbocycles. The molecule has 3 heterocycles. The largest absolute Gasteiger partial charge is 0.455 e. The van der Waals surface area contributed by atoms with Crippen molar-refractivity contribution in [3.05, 3.63) is 56.7 Å². The number of carbonyl (C=O) groups excluding carboxylic acids is 1. The number of rotatable bonds is 3. The van der Waals surface area contributed by atoms with Gasteiger partial charge in [-0.15, -0.1) is 11.3 Å². The van der Waals surface area contributed by atoms with Crippen molar-refractivity contribution in [2.24, 2.45) is 0 Å². The van der Waals surface area contributed by atoms with E-state index in [9.17, 15) is 9.59 Å². The van der Waals surface area contributed by atoms with E-state index in [0.717, 1.165) is 31.4 Å². The highest BCUT2D eigenvalue weighted by molar-refractivity contribution is 7.17. The fraction of sp³-hybridized carbons (Fsp3) is 0.312. The summed E-state index contributed by atoms with van der Waals surface area (Å²) in [6.45, 7) is -0.00778. The second-order valence-electron chi connectivity index (χ2n) is 5.54. The van der Waals surface area contributed by atoms with Crippen molar-refractivity contribution >= 4 is 22.3 Å². The first-order valence-electron chi connectivity index (χ1n) is 7.56. The van der Waals surface area contributed by atoms with Crippen molar-refractivity contribution in [2.45, 2.75) is 32.3 Å². The number of ether oxygens (including phenoxy) is 1. The Kier molecular flexibility index (Phi) is 3.49. The average Bonchev–Trinajstić information content (AvgIpc) is 3.19. The van der Waals surface area contributed by atoms with E-state index < -0.39 is 5.97 Å². The topological polar surface area (TPSA) is 76.5 Å². The summed E-state index contributed by atoms with van der Waals surface area (Å²) >= 11 is 1.57. The molecule has 3 aromatic heterocycles. The van der Waals surface area contributed by atoms with Gasteiger partial charge in [0.05, 0.1) is 5.69 Å². The summed E-state index contributed by atoms with van der Waals surface area (Å²) in [5, 5.41) is 0. The van der Waals surface area contributed by atoms with E-state index in [-0.39, 0.29) is 12.2 Å². The van der Waals surface area contributed by atoms with E-state index >= 15 is 0 Å². The molecule has 1 aliphatic carbocycles. The smallest absolute Gasteiger partial charge is 0.355 e. The number of aromatic amines is 1. The minimum atomic E-state index is -0.456. The normalized spacial score (nSPS) is 13.9. The minimum Gasteiger partial charge on any atom is -0.455 e. The van der Waals surface area contributed by atoms with Gasteiger partial charge in [0.15, 0.2) is 4.96 Å². The van der Waals surface area contributed by atoms with Crippen LogP contribution < -0.4 is 5.56 Å². The Morgan fingerprint density at radius 3 is 3.09 bits per heavy atom. The van der Waals surface area contributed by atoms with Crippen molar-refractivity contribution in [1.29, 1.82) is 0 Å². The number of H-pyrrole nitrogens is 1. The number of thiazole rings is 1. The number of aromatic nitrogens is 3. The molecule has 0 unspecified atom stereocenters. The fourth-order valence-corrected chi connectivity index (χ4v) is 4.12. The van der Waals surface area contributed by atoms with Crippen LogP contribution in [0.2, 0.25) is 0 Å². The summed E-state index contributed by atoms with van der Waals surface area (Å²) in [5.74, 6) is -0.456. The number of hydrogen-bond donors (Lipinski definition) is 1. The van der Waals surface area contributed by atoms with Gasteiger partial charge in [-0.1, -0.05) is 0 Å². The van der Waals surface area contributed by atoms with Gasteiger partial charge in [0.25, 0.3) is 5.56 Å². The van der Waals surface area contributed by atoms with Gasteiger partial charge in [-0.25, -0.2) is 9.78 Å². The van der Waals surface area contributed by atoms with Crippen LogP contribution in [0.25, 0.3) is 4.96 Å². The van der Waals surface area contributed by atoms with Crippen molar-refractivity contribution in [3.63, 3.8) is 0 Å². The molecular weight excluding hydrogens is 314 g/mol. The van der Waals surface area contributed by atoms with E-state index in [1.807, 2.05) is 0 Å². The maximum absolute atomic E-state index is 12.4. The van der Waals surface area contributed by atoms with E-state index in [2.05, 4.69) is 9.97 Å². The first-order chi connectivity index (χ1) is 11.2. The van der Waals surface area contributed by atoms with Crippen LogP contribution in [-0.2, 0) is 24.2 Å². The van der Waals surface area contributed by atoms with Gasteiger partial charge in [0, 0.05) is 22.8 Å². The summed E-state index contributed by atoms with van der Waals surface area (Å²) in [7, 11) is 0. The lowest BCUT2D eigenvalue weighted by atomic mass is 10.0. The predicted molar refractivity (Wildman–Crippen MR) is 85.9 cm³/mol.